The minimum absolute atomic E-state index is 0.201. The average molecular weight is 260 g/mol. The maximum absolute atomic E-state index is 9.06. The number of nitrogens with one attached hydrogen (secondary N) is 1. The van der Waals surface area contributed by atoms with Crippen molar-refractivity contribution in [2.24, 2.45) is 0 Å². The lowest BCUT2D eigenvalue weighted by atomic mass is 10.2. The lowest BCUT2D eigenvalue weighted by Gasteiger charge is -2.08. The Morgan fingerprint density at radius 1 is 1.29 bits per heavy atom. The Morgan fingerprint density at radius 2 is 1.93 bits per heavy atom. The van der Waals surface area contributed by atoms with Gasteiger partial charge in [0.1, 0.15) is 0 Å². The molecule has 0 amide bonds. The molecule has 0 spiro atoms. The fourth-order valence-electron chi connectivity index (χ4n) is 1.05. The molecule has 0 aliphatic carbocycles. The Hall–Kier alpha value is -0.420. The zero-order valence-corrected chi connectivity index (χ0v) is 9.37. The molecular formula is C10H14BrNO2. The van der Waals surface area contributed by atoms with Gasteiger partial charge in [0.05, 0.1) is 12.7 Å². The minimum Gasteiger partial charge on any atom is -0.394 e. The lowest BCUT2D eigenvalue weighted by Crippen LogP contribution is -2.28. The van der Waals surface area contributed by atoms with Gasteiger partial charge in [0, 0.05) is 17.6 Å². The normalized spacial score (nSPS) is 12.8. The molecule has 0 aromatic heterocycles. The molecule has 0 saturated heterocycles. The van der Waals surface area contributed by atoms with Crippen LogP contribution in [0.25, 0.3) is 0 Å². The summed E-state index contributed by atoms with van der Waals surface area (Å²) >= 11 is 3.35. The standard InChI is InChI=1S/C10H14BrNO2/c11-9-3-1-8(2-4-9)5-12-6-10(14)7-13/h1-4,10,12-14H,5-7H2/t10-/m1/s1. The van der Waals surface area contributed by atoms with Crippen LogP contribution in [0.4, 0.5) is 0 Å². The van der Waals surface area contributed by atoms with Crippen LogP contribution in [0, 0.1) is 0 Å². The van der Waals surface area contributed by atoms with Gasteiger partial charge in [0.15, 0.2) is 0 Å². The van der Waals surface area contributed by atoms with Crippen molar-refractivity contribution < 1.29 is 10.2 Å². The Kier molecular flexibility index (Phi) is 5.11. The molecule has 1 rings (SSSR count). The third-order valence-electron chi connectivity index (χ3n) is 1.83. The van der Waals surface area contributed by atoms with E-state index in [2.05, 4.69) is 21.2 Å². The summed E-state index contributed by atoms with van der Waals surface area (Å²) in [5.41, 5.74) is 1.15. The van der Waals surface area contributed by atoms with Gasteiger partial charge >= 0.3 is 0 Å². The smallest absolute Gasteiger partial charge is 0.0895 e. The highest BCUT2D eigenvalue weighted by Crippen LogP contribution is 2.09. The van der Waals surface area contributed by atoms with Gasteiger partial charge < -0.3 is 15.5 Å². The van der Waals surface area contributed by atoms with Crippen LogP contribution >= 0.6 is 15.9 Å². The van der Waals surface area contributed by atoms with Crippen molar-refractivity contribution in [2.45, 2.75) is 12.6 Å². The molecule has 4 heteroatoms. The summed E-state index contributed by atoms with van der Waals surface area (Å²) in [4.78, 5) is 0. The van der Waals surface area contributed by atoms with Gasteiger partial charge in [-0.05, 0) is 17.7 Å². The van der Waals surface area contributed by atoms with E-state index >= 15 is 0 Å². The van der Waals surface area contributed by atoms with Crippen LogP contribution in [0.1, 0.15) is 5.56 Å². The van der Waals surface area contributed by atoms with E-state index in [9.17, 15) is 0 Å². The molecule has 3 N–H and O–H groups in total. The molecule has 0 unspecified atom stereocenters. The minimum atomic E-state index is -0.676. The van der Waals surface area contributed by atoms with Gasteiger partial charge in [-0.25, -0.2) is 0 Å². The molecule has 78 valence electrons. The first-order chi connectivity index (χ1) is 6.72. The van der Waals surface area contributed by atoms with Gasteiger partial charge in [0.2, 0.25) is 0 Å². The summed E-state index contributed by atoms with van der Waals surface area (Å²) in [6.45, 7) is 0.907. The number of aliphatic hydroxyl groups is 2. The van der Waals surface area contributed by atoms with Gasteiger partial charge in [-0.3, -0.25) is 0 Å². The van der Waals surface area contributed by atoms with Crippen molar-refractivity contribution in [3.05, 3.63) is 34.3 Å². The first kappa shape index (κ1) is 11.7. The Balaban J connectivity index is 2.28. The third-order valence-corrected chi connectivity index (χ3v) is 2.36. The maximum Gasteiger partial charge on any atom is 0.0895 e. The molecule has 1 atom stereocenters. The van der Waals surface area contributed by atoms with Crippen molar-refractivity contribution in [3.8, 4) is 0 Å². The Labute approximate surface area is 91.9 Å². The van der Waals surface area contributed by atoms with E-state index in [4.69, 9.17) is 10.2 Å². The van der Waals surface area contributed by atoms with Crippen molar-refractivity contribution in [3.63, 3.8) is 0 Å². The second-order valence-corrected chi connectivity index (χ2v) is 4.01. The van der Waals surface area contributed by atoms with Crippen molar-refractivity contribution >= 4 is 15.9 Å². The Morgan fingerprint density at radius 3 is 2.50 bits per heavy atom. The van der Waals surface area contributed by atoms with Crippen molar-refractivity contribution in [2.75, 3.05) is 13.2 Å². The molecule has 1 aromatic rings. The van der Waals surface area contributed by atoms with Crippen LogP contribution in [0.2, 0.25) is 0 Å². The fraction of sp³-hybridized carbons (Fsp3) is 0.400. The van der Waals surface area contributed by atoms with E-state index in [1.54, 1.807) is 0 Å². The van der Waals surface area contributed by atoms with E-state index in [1.807, 2.05) is 24.3 Å². The molecule has 0 radical (unpaired) electrons. The number of hydrogen-bond donors (Lipinski definition) is 3. The number of benzene rings is 1. The van der Waals surface area contributed by atoms with Gasteiger partial charge in [-0.15, -0.1) is 0 Å². The largest absolute Gasteiger partial charge is 0.394 e. The summed E-state index contributed by atoms with van der Waals surface area (Å²) in [7, 11) is 0. The van der Waals surface area contributed by atoms with Gasteiger partial charge in [-0.2, -0.15) is 0 Å². The first-order valence-electron chi connectivity index (χ1n) is 4.46. The molecule has 1 aromatic carbocycles. The molecular weight excluding hydrogens is 246 g/mol. The highest BCUT2D eigenvalue weighted by atomic mass is 79.9. The molecule has 0 saturated carbocycles. The van der Waals surface area contributed by atoms with Crippen LogP contribution in [-0.2, 0) is 6.54 Å². The quantitative estimate of drug-likeness (QED) is 0.737. The lowest BCUT2D eigenvalue weighted by molar-refractivity contribution is 0.0942. The fourth-order valence-corrected chi connectivity index (χ4v) is 1.31. The second-order valence-electron chi connectivity index (χ2n) is 3.09. The van der Waals surface area contributed by atoms with E-state index in [0.29, 0.717) is 13.1 Å². The third kappa shape index (κ3) is 4.19. The number of halogens is 1. The monoisotopic (exact) mass is 259 g/mol. The maximum atomic E-state index is 9.06. The number of rotatable bonds is 5. The number of hydrogen-bond acceptors (Lipinski definition) is 3. The summed E-state index contributed by atoms with van der Waals surface area (Å²) in [6.07, 6.45) is -0.676. The zero-order chi connectivity index (χ0) is 10.4. The van der Waals surface area contributed by atoms with Crippen molar-refractivity contribution in [1.29, 1.82) is 0 Å². The van der Waals surface area contributed by atoms with E-state index < -0.39 is 6.10 Å². The first-order valence-corrected chi connectivity index (χ1v) is 5.25. The summed E-state index contributed by atoms with van der Waals surface area (Å²) < 4.78 is 1.05. The van der Waals surface area contributed by atoms with Gasteiger partial charge in [0.25, 0.3) is 0 Å². The van der Waals surface area contributed by atoms with Crippen molar-refractivity contribution in [1.82, 2.24) is 5.32 Å². The summed E-state index contributed by atoms with van der Waals surface area (Å²) in [5, 5.41) is 20.7. The highest BCUT2D eigenvalue weighted by Gasteiger charge is 2.00. The topological polar surface area (TPSA) is 52.5 Å². The van der Waals surface area contributed by atoms with Crippen LogP contribution in [0.3, 0.4) is 0 Å². The summed E-state index contributed by atoms with van der Waals surface area (Å²) in [6, 6.07) is 7.95. The SMILES string of the molecule is OC[C@H](O)CNCc1ccc(Br)cc1. The summed E-state index contributed by atoms with van der Waals surface area (Å²) in [5.74, 6) is 0. The molecule has 0 aliphatic rings. The van der Waals surface area contributed by atoms with Crippen LogP contribution in [-0.4, -0.2) is 29.5 Å². The van der Waals surface area contributed by atoms with Crippen LogP contribution in [0.5, 0.6) is 0 Å². The van der Waals surface area contributed by atoms with E-state index in [-0.39, 0.29) is 6.61 Å². The zero-order valence-electron chi connectivity index (χ0n) is 7.78. The van der Waals surface area contributed by atoms with Crippen LogP contribution < -0.4 is 5.32 Å². The molecule has 0 heterocycles. The van der Waals surface area contributed by atoms with Crippen LogP contribution in [0.15, 0.2) is 28.7 Å². The second kappa shape index (κ2) is 6.14. The predicted octanol–water partition coefficient (Wildman–Crippen LogP) is 0.892. The molecule has 3 nitrogen and oxygen atoms in total. The average Bonchev–Trinajstić information content (AvgIpc) is 2.21. The van der Waals surface area contributed by atoms with E-state index in [1.165, 1.54) is 0 Å². The highest BCUT2D eigenvalue weighted by molar-refractivity contribution is 9.10. The molecule has 0 aliphatic heterocycles. The number of aliphatic hydroxyl groups excluding tert-OH is 2. The van der Waals surface area contributed by atoms with E-state index in [0.717, 1.165) is 10.0 Å². The molecule has 0 fully saturated rings. The Bertz CT molecular complexity index is 263. The predicted molar refractivity (Wildman–Crippen MR) is 58.9 cm³/mol. The molecule has 0 bridgehead atoms. The molecule has 14 heavy (non-hydrogen) atoms. The van der Waals surface area contributed by atoms with Gasteiger partial charge in [-0.1, -0.05) is 28.1 Å².